The molecule has 1 aromatic heterocycles. The maximum atomic E-state index is 12.1. The molecule has 0 bridgehead atoms. The van der Waals surface area contributed by atoms with Crippen LogP contribution in [-0.2, 0) is 9.59 Å². The molecule has 2 fully saturated rings. The van der Waals surface area contributed by atoms with Crippen molar-refractivity contribution in [3.8, 4) is 0 Å². The van der Waals surface area contributed by atoms with Crippen molar-refractivity contribution in [2.24, 2.45) is 5.92 Å². The van der Waals surface area contributed by atoms with Gasteiger partial charge in [0.2, 0.25) is 11.8 Å². The molecule has 2 heterocycles. The third-order valence-corrected chi connectivity index (χ3v) is 3.93. The molecular formula is C15H20N4O2. The van der Waals surface area contributed by atoms with Crippen LogP contribution in [0.5, 0.6) is 0 Å². The van der Waals surface area contributed by atoms with Gasteiger partial charge >= 0.3 is 0 Å². The molecule has 21 heavy (non-hydrogen) atoms. The van der Waals surface area contributed by atoms with E-state index in [1.807, 2.05) is 17.0 Å². The number of hydrogen-bond donors (Lipinski definition) is 2. The number of hydrogen-bond acceptors (Lipinski definition) is 4. The predicted molar refractivity (Wildman–Crippen MR) is 78.6 cm³/mol. The highest BCUT2D eigenvalue weighted by molar-refractivity contribution is 5.89. The van der Waals surface area contributed by atoms with E-state index in [0.29, 0.717) is 32.1 Å². The van der Waals surface area contributed by atoms with E-state index in [0.717, 1.165) is 18.5 Å². The normalized spacial score (nSPS) is 21.4. The smallest absolute Gasteiger partial charge is 0.225 e. The van der Waals surface area contributed by atoms with Crippen molar-refractivity contribution in [3.05, 3.63) is 24.5 Å². The lowest BCUT2D eigenvalue weighted by atomic mass is 10.1. The third kappa shape index (κ3) is 3.51. The van der Waals surface area contributed by atoms with E-state index in [1.54, 1.807) is 12.4 Å². The highest BCUT2D eigenvalue weighted by Gasteiger charge is 2.41. The molecule has 1 aromatic rings. The van der Waals surface area contributed by atoms with Crippen LogP contribution >= 0.6 is 0 Å². The number of amides is 2. The number of likely N-dealkylation sites (tertiary alicyclic amines) is 1. The molecule has 0 spiro atoms. The van der Waals surface area contributed by atoms with Crippen LogP contribution in [0.15, 0.2) is 24.5 Å². The standard InChI is InChI=1S/C15H20N4O2/c20-14-8-11(10-19(14)13-3-4-13)15(21)18-7-6-17-12-2-1-5-16-9-12/h1-2,5,9,11,13,17H,3-4,6-8,10H2,(H,18,21). The van der Waals surface area contributed by atoms with Crippen LogP contribution < -0.4 is 10.6 Å². The van der Waals surface area contributed by atoms with Crippen molar-refractivity contribution in [2.75, 3.05) is 25.0 Å². The van der Waals surface area contributed by atoms with Crippen molar-refractivity contribution < 1.29 is 9.59 Å². The van der Waals surface area contributed by atoms with Gasteiger partial charge in [-0.05, 0) is 25.0 Å². The van der Waals surface area contributed by atoms with Crippen molar-refractivity contribution in [2.45, 2.75) is 25.3 Å². The van der Waals surface area contributed by atoms with E-state index in [4.69, 9.17) is 0 Å². The van der Waals surface area contributed by atoms with E-state index in [1.165, 1.54) is 0 Å². The minimum atomic E-state index is -0.184. The predicted octanol–water partition coefficient (Wildman–Crippen LogP) is 0.621. The lowest BCUT2D eigenvalue weighted by Gasteiger charge is -2.15. The molecule has 1 aliphatic carbocycles. The van der Waals surface area contributed by atoms with Crippen LogP contribution in [-0.4, -0.2) is 47.4 Å². The number of carbonyl (C=O) groups excluding carboxylic acids is 2. The minimum absolute atomic E-state index is 0.0144. The topological polar surface area (TPSA) is 74.3 Å². The quantitative estimate of drug-likeness (QED) is 0.753. The maximum absolute atomic E-state index is 12.1. The molecule has 1 aliphatic heterocycles. The van der Waals surface area contributed by atoms with Crippen LogP contribution in [0.4, 0.5) is 5.69 Å². The van der Waals surface area contributed by atoms with Crippen molar-refractivity contribution in [1.29, 1.82) is 0 Å². The number of pyridine rings is 1. The summed E-state index contributed by atoms with van der Waals surface area (Å²) in [4.78, 5) is 29.8. The van der Waals surface area contributed by atoms with Crippen molar-refractivity contribution >= 4 is 17.5 Å². The van der Waals surface area contributed by atoms with E-state index in [2.05, 4.69) is 15.6 Å². The average Bonchev–Trinajstić information content (AvgIpc) is 3.27. The van der Waals surface area contributed by atoms with Gasteiger partial charge in [0.15, 0.2) is 0 Å². The minimum Gasteiger partial charge on any atom is -0.382 e. The summed E-state index contributed by atoms with van der Waals surface area (Å²) in [5.74, 6) is -0.0675. The zero-order valence-electron chi connectivity index (χ0n) is 11.9. The molecule has 2 N–H and O–H groups in total. The van der Waals surface area contributed by atoms with Gasteiger partial charge in [-0.1, -0.05) is 0 Å². The molecule has 6 nitrogen and oxygen atoms in total. The zero-order valence-corrected chi connectivity index (χ0v) is 11.9. The van der Waals surface area contributed by atoms with Crippen LogP contribution in [0, 0.1) is 5.92 Å². The summed E-state index contributed by atoms with van der Waals surface area (Å²) in [5.41, 5.74) is 0.933. The van der Waals surface area contributed by atoms with Gasteiger partial charge in [0.1, 0.15) is 0 Å². The van der Waals surface area contributed by atoms with Gasteiger partial charge in [0.05, 0.1) is 11.6 Å². The number of anilines is 1. The number of rotatable bonds is 6. The van der Waals surface area contributed by atoms with Gasteiger partial charge < -0.3 is 15.5 Å². The van der Waals surface area contributed by atoms with Crippen LogP contribution in [0.25, 0.3) is 0 Å². The first-order valence-corrected chi connectivity index (χ1v) is 7.45. The van der Waals surface area contributed by atoms with Gasteiger partial charge in [-0.15, -0.1) is 0 Å². The lowest BCUT2D eigenvalue weighted by Crippen LogP contribution is -2.36. The Balaban J connectivity index is 1.37. The Morgan fingerprint density at radius 1 is 1.38 bits per heavy atom. The molecule has 6 heteroatoms. The second-order valence-corrected chi connectivity index (χ2v) is 5.64. The summed E-state index contributed by atoms with van der Waals surface area (Å²) >= 11 is 0. The van der Waals surface area contributed by atoms with Crippen molar-refractivity contribution in [3.63, 3.8) is 0 Å². The molecule has 3 rings (SSSR count). The second kappa shape index (κ2) is 6.11. The number of nitrogens with one attached hydrogen (secondary N) is 2. The van der Waals surface area contributed by atoms with Gasteiger partial charge in [0.25, 0.3) is 0 Å². The van der Waals surface area contributed by atoms with Crippen LogP contribution in [0.1, 0.15) is 19.3 Å². The Kier molecular flexibility index (Phi) is 4.03. The fourth-order valence-electron chi connectivity index (χ4n) is 2.65. The Labute approximate surface area is 123 Å². The Morgan fingerprint density at radius 3 is 2.95 bits per heavy atom. The Hall–Kier alpha value is -2.11. The van der Waals surface area contributed by atoms with E-state index < -0.39 is 0 Å². The van der Waals surface area contributed by atoms with Crippen LogP contribution in [0.2, 0.25) is 0 Å². The summed E-state index contributed by atoms with van der Waals surface area (Å²) in [6, 6.07) is 4.19. The molecule has 1 unspecified atom stereocenters. The fourth-order valence-corrected chi connectivity index (χ4v) is 2.65. The lowest BCUT2D eigenvalue weighted by molar-refractivity contribution is -0.129. The number of aromatic nitrogens is 1. The van der Waals surface area contributed by atoms with Gasteiger partial charge in [-0.2, -0.15) is 0 Å². The summed E-state index contributed by atoms with van der Waals surface area (Å²) in [6.07, 6.45) is 6.00. The molecule has 0 radical (unpaired) electrons. The van der Waals surface area contributed by atoms with E-state index in [9.17, 15) is 9.59 Å². The van der Waals surface area contributed by atoms with E-state index >= 15 is 0 Å². The second-order valence-electron chi connectivity index (χ2n) is 5.64. The molecule has 2 aliphatic rings. The highest BCUT2D eigenvalue weighted by atomic mass is 16.2. The average molecular weight is 288 g/mol. The largest absolute Gasteiger partial charge is 0.382 e. The first-order valence-electron chi connectivity index (χ1n) is 7.45. The zero-order chi connectivity index (χ0) is 14.7. The van der Waals surface area contributed by atoms with Gasteiger partial charge in [-0.25, -0.2) is 0 Å². The van der Waals surface area contributed by atoms with E-state index in [-0.39, 0.29) is 17.7 Å². The molecule has 1 atom stereocenters. The monoisotopic (exact) mass is 288 g/mol. The molecule has 112 valence electrons. The molecular weight excluding hydrogens is 268 g/mol. The first-order chi connectivity index (χ1) is 10.2. The van der Waals surface area contributed by atoms with Crippen LogP contribution in [0.3, 0.4) is 0 Å². The maximum Gasteiger partial charge on any atom is 0.225 e. The van der Waals surface area contributed by atoms with Crippen molar-refractivity contribution in [1.82, 2.24) is 15.2 Å². The first kappa shape index (κ1) is 13.9. The highest BCUT2D eigenvalue weighted by Crippen LogP contribution is 2.32. The summed E-state index contributed by atoms with van der Waals surface area (Å²) in [7, 11) is 0. The summed E-state index contributed by atoms with van der Waals surface area (Å²) < 4.78 is 0. The third-order valence-electron chi connectivity index (χ3n) is 3.93. The Morgan fingerprint density at radius 2 is 2.24 bits per heavy atom. The molecule has 0 aromatic carbocycles. The fraction of sp³-hybridized carbons (Fsp3) is 0.533. The van der Waals surface area contributed by atoms with Gasteiger partial charge in [-0.3, -0.25) is 14.6 Å². The Bertz CT molecular complexity index is 516. The summed E-state index contributed by atoms with van der Waals surface area (Å²) in [5, 5.41) is 6.08. The molecule has 1 saturated heterocycles. The summed E-state index contributed by atoms with van der Waals surface area (Å²) in [6.45, 7) is 1.78. The SMILES string of the molecule is O=C(NCCNc1cccnc1)C1CC(=O)N(C2CC2)C1. The number of carbonyl (C=O) groups is 2. The van der Waals surface area contributed by atoms with Gasteiger partial charge in [0, 0.05) is 44.5 Å². The molecule has 1 saturated carbocycles. The number of nitrogens with zero attached hydrogens (tertiary/aromatic N) is 2. The molecule has 2 amide bonds.